The van der Waals surface area contributed by atoms with Crippen molar-refractivity contribution in [1.82, 2.24) is 4.90 Å². The number of carbonyl (C=O) groups excluding carboxylic acids is 1. The molecule has 1 aliphatic rings. The molecule has 0 heterocycles. The van der Waals surface area contributed by atoms with Crippen LogP contribution in [-0.4, -0.2) is 36.2 Å². The summed E-state index contributed by atoms with van der Waals surface area (Å²) in [5.74, 6) is -0.128. The van der Waals surface area contributed by atoms with Gasteiger partial charge in [0.25, 0.3) is 0 Å². The lowest BCUT2D eigenvalue weighted by atomic mass is 9.66. The Morgan fingerprint density at radius 1 is 1.40 bits per heavy atom. The van der Waals surface area contributed by atoms with E-state index in [1.165, 1.54) is 6.07 Å². The third-order valence-corrected chi connectivity index (χ3v) is 5.07. The van der Waals surface area contributed by atoms with Crippen LogP contribution in [0, 0.1) is 5.82 Å². The van der Waals surface area contributed by atoms with Crippen molar-refractivity contribution in [2.75, 3.05) is 20.6 Å². The fraction of sp³-hybridized carbons (Fsp3) is 0.562. The fourth-order valence-corrected chi connectivity index (χ4v) is 3.81. The highest BCUT2D eigenvalue weighted by Crippen LogP contribution is 2.42. The first kappa shape index (κ1) is 15.6. The summed E-state index contributed by atoms with van der Waals surface area (Å²) in [4.78, 5) is 14.7. The third-order valence-electron chi connectivity index (χ3n) is 4.19. The first-order valence-electron chi connectivity index (χ1n) is 7.05. The van der Waals surface area contributed by atoms with Crippen LogP contribution in [0.4, 0.5) is 4.39 Å². The maximum Gasteiger partial charge on any atom is 0.157 e. The molecular formula is C16H21BrFNO. The van der Waals surface area contributed by atoms with Crippen molar-refractivity contribution in [3.63, 3.8) is 0 Å². The van der Waals surface area contributed by atoms with E-state index in [0.29, 0.717) is 12.0 Å². The van der Waals surface area contributed by atoms with Gasteiger partial charge in [0, 0.05) is 5.56 Å². The van der Waals surface area contributed by atoms with Gasteiger partial charge in [0.15, 0.2) is 5.78 Å². The van der Waals surface area contributed by atoms with Crippen LogP contribution in [0.15, 0.2) is 24.3 Å². The minimum Gasteiger partial charge on any atom is -0.309 e. The molecule has 1 fully saturated rings. The molecule has 1 saturated carbocycles. The Balaban J connectivity index is 2.43. The van der Waals surface area contributed by atoms with Crippen molar-refractivity contribution in [3.8, 4) is 0 Å². The second kappa shape index (κ2) is 6.35. The second-order valence-electron chi connectivity index (χ2n) is 5.84. The molecule has 20 heavy (non-hydrogen) atoms. The smallest absolute Gasteiger partial charge is 0.157 e. The van der Waals surface area contributed by atoms with Gasteiger partial charge < -0.3 is 4.90 Å². The van der Waals surface area contributed by atoms with E-state index in [0.717, 1.165) is 25.8 Å². The quantitative estimate of drug-likeness (QED) is 0.781. The normalized spacial score (nSPS) is 27.1. The van der Waals surface area contributed by atoms with Crippen molar-refractivity contribution >= 4 is 21.7 Å². The maximum absolute atomic E-state index is 14.3. The van der Waals surface area contributed by atoms with E-state index in [4.69, 9.17) is 0 Å². The first-order chi connectivity index (χ1) is 9.47. The molecule has 0 bridgehead atoms. The number of nitrogens with zero attached hydrogens (tertiary/aromatic N) is 1. The molecule has 0 N–H and O–H groups in total. The number of halogens is 2. The summed E-state index contributed by atoms with van der Waals surface area (Å²) in [6.07, 6.45) is 3.20. The van der Waals surface area contributed by atoms with Crippen LogP contribution in [0.25, 0.3) is 0 Å². The summed E-state index contributed by atoms with van der Waals surface area (Å²) >= 11 is 3.47. The molecule has 2 atom stereocenters. The molecule has 1 aromatic rings. The van der Waals surface area contributed by atoms with Crippen LogP contribution in [0.1, 0.15) is 31.2 Å². The van der Waals surface area contributed by atoms with Gasteiger partial charge in [0.05, 0.1) is 10.2 Å². The van der Waals surface area contributed by atoms with E-state index in [2.05, 4.69) is 15.9 Å². The zero-order chi connectivity index (χ0) is 14.8. The van der Waals surface area contributed by atoms with Gasteiger partial charge in [-0.05, 0) is 46.0 Å². The standard InChI is InChI=1S/C16H21BrFNO/c1-19(2)11-10-16(9-5-7-13(17)15(16)20)12-6-3-4-8-14(12)18/h3-4,6,8,13H,5,7,9-11H2,1-2H3. The number of Topliss-reactive ketones (excluding diaryl/α,β-unsaturated/α-hetero) is 1. The zero-order valence-electron chi connectivity index (χ0n) is 12.0. The summed E-state index contributed by atoms with van der Waals surface area (Å²) in [6.45, 7) is 0.778. The lowest BCUT2D eigenvalue weighted by molar-refractivity contribution is -0.126. The van der Waals surface area contributed by atoms with E-state index in [9.17, 15) is 9.18 Å². The van der Waals surface area contributed by atoms with Crippen LogP contribution in [-0.2, 0) is 10.2 Å². The maximum atomic E-state index is 14.3. The molecule has 1 aliphatic carbocycles. The Bertz CT molecular complexity index is 491. The average Bonchev–Trinajstić information content (AvgIpc) is 2.41. The van der Waals surface area contributed by atoms with Crippen molar-refractivity contribution in [1.29, 1.82) is 0 Å². The van der Waals surface area contributed by atoms with Gasteiger partial charge in [-0.25, -0.2) is 4.39 Å². The Hall–Kier alpha value is -0.740. The van der Waals surface area contributed by atoms with Crippen molar-refractivity contribution in [2.45, 2.75) is 35.9 Å². The number of hydrogen-bond acceptors (Lipinski definition) is 2. The summed E-state index contributed by atoms with van der Waals surface area (Å²) in [5, 5.41) is 0. The molecule has 0 aliphatic heterocycles. The summed E-state index contributed by atoms with van der Waals surface area (Å²) in [6, 6.07) is 6.73. The highest BCUT2D eigenvalue weighted by molar-refractivity contribution is 9.10. The number of rotatable bonds is 4. The van der Waals surface area contributed by atoms with E-state index in [-0.39, 0.29) is 16.4 Å². The van der Waals surface area contributed by atoms with Crippen LogP contribution < -0.4 is 0 Å². The van der Waals surface area contributed by atoms with E-state index < -0.39 is 5.41 Å². The predicted molar refractivity (Wildman–Crippen MR) is 82.8 cm³/mol. The van der Waals surface area contributed by atoms with Crippen LogP contribution in [0.3, 0.4) is 0 Å². The molecule has 0 amide bonds. The molecule has 2 rings (SSSR count). The highest BCUT2D eigenvalue weighted by atomic mass is 79.9. The Kier molecular flexibility index (Phi) is 4.97. The minimum atomic E-state index is -0.679. The molecule has 1 aromatic carbocycles. The van der Waals surface area contributed by atoms with Gasteiger partial charge in [-0.15, -0.1) is 0 Å². The third kappa shape index (κ3) is 2.96. The van der Waals surface area contributed by atoms with E-state index in [1.54, 1.807) is 12.1 Å². The van der Waals surface area contributed by atoms with E-state index >= 15 is 0 Å². The molecule has 4 heteroatoms. The van der Waals surface area contributed by atoms with Crippen LogP contribution >= 0.6 is 15.9 Å². The molecule has 0 aromatic heterocycles. The summed E-state index contributed by atoms with van der Waals surface area (Å²) < 4.78 is 14.3. The van der Waals surface area contributed by atoms with Gasteiger partial charge in [-0.3, -0.25) is 4.79 Å². The topological polar surface area (TPSA) is 20.3 Å². The van der Waals surface area contributed by atoms with Crippen LogP contribution in [0.2, 0.25) is 0 Å². The molecule has 110 valence electrons. The van der Waals surface area contributed by atoms with Gasteiger partial charge >= 0.3 is 0 Å². The number of alkyl halides is 1. The summed E-state index contributed by atoms with van der Waals surface area (Å²) in [5.41, 5.74) is -0.113. The lowest BCUT2D eigenvalue weighted by Gasteiger charge is -2.39. The first-order valence-corrected chi connectivity index (χ1v) is 7.97. The highest BCUT2D eigenvalue weighted by Gasteiger charge is 2.46. The SMILES string of the molecule is CN(C)CCC1(c2ccccc2F)CCCC(Br)C1=O. The number of hydrogen-bond donors (Lipinski definition) is 0. The average molecular weight is 342 g/mol. The molecule has 0 saturated heterocycles. The van der Waals surface area contributed by atoms with Gasteiger partial charge in [-0.2, -0.15) is 0 Å². The lowest BCUT2D eigenvalue weighted by Crippen LogP contribution is -2.46. The molecule has 2 unspecified atom stereocenters. The summed E-state index contributed by atoms with van der Waals surface area (Å²) in [7, 11) is 3.96. The van der Waals surface area contributed by atoms with Crippen LogP contribution in [0.5, 0.6) is 0 Å². The van der Waals surface area contributed by atoms with Gasteiger partial charge in [0.1, 0.15) is 5.82 Å². The Morgan fingerprint density at radius 2 is 2.10 bits per heavy atom. The molecule has 0 radical (unpaired) electrons. The number of benzene rings is 1. The molecular weight excluding hydrogens is 321 g/mol. The minimum absolute atomic E-state index is 0.135. The Labute approximate surface area is 128 Å². The second-order valence-corrected chi connectivity index (χ2v) is 6.94. The molecule has 0 spiro atoms. The fourth-order valence-electron chi connectivity index (χ4n) is 3.05. The monoisotopic (exact) mass is 341 g/mol. The van der Waals surface area contributed by atoms with Gasteiger partial charge in [0.2, 0.25) is 0 Å². The molecule has 2 nitrogen and oxygen atoms in total. The van der Waals surface area contributed by atoms with Crippen molar-refractivity contribution in [3.05, 3.63) is 35.6 Å². The largest absolute Gasteiger partial charge is 0.309 e. The Morgan fingerprint density at radius 3 is 2.75 bits per heavy atom. The number of carbonyl (C=O) groups is 1. The predicted octanol–water partition coefficient (Wildman–Crippen LogP) is 3.53. The van der Waals surface area contributed by atoms with Crippen molar-refractivity contribution in [2.24, 2.45) is 0 Å². The van der Waals surface area contributed by atoms with E-state index in [1.807, 2.05) is 25.1 Å². The number of ketones is 1. The van der Waals surface area contributed by atoms with Gasteiger partial charge in [-0.1, -0.05) is 40.5 Å². The zero-order valence-corrected chi connectivity index (χ0v) is 13.6. The van der Waals surface area contributed by atoms with Crippen molar-refractivity contribution < 1.29 is 9.18 Å².